The Hall–Kier alpha value is -1.65. The summed E-state index contributed by atoms with van der Waals surface area (Å²) >= 11 is 1.83. The van der Waals surface area contributed by atoms with E-state index >= 15 is 0 Å². The number of aryl methyl sites for hydroxylation is 1. The van der Waals surface area contributed by atoms with Gasteiger partial charge in [-0.1, -0.05) is 24.3 Å². The summed E-state index contributed by atoms with van der Waals surface area (Å²) in [4.78, 5) is 16.0. The first-order valence-electron chi connectivity index (χ1n) is 7.76. The van der Waals surface area contributed by atoms with E-state index in [0.717, 1.165) is 13.0 Å². The standard InChI is InChI=1S/C18H22N2OS/c1-13-5-3-4-6-15(13)11-19-18(21)12-20-9-7-17-16(14(20)2)8-10-22-17/h3-6,8,10,14H,7,9,11-12H2,1-2H3,(H,19,21). The van der Waals surface area contributed by atoms with Crippen LogP contribution >= 0.6 is 11.3 Å². The second kappa shape index (κ2) is 6.63. The third-order valence-corrected chi connectivity index (χ3v) is 5.48. The van der Waals surface area contributed by atoms with E-state index in [1.165, 1.54) is 21.6 Å². The highest BCUT2D eigenvalue weighted by Crippen LogP contribution is 2.32. The first kappa shape index (κ1) is 15.3. The van der Waals surface area contributed by atoms with Crippen LogP contribution in [0.2, 0.25) is 0 Å². The highest BCUT2D eigenvalue weighted by molar-refractivity contribution is 7.10. The number of nitrogens with one attached hydrogen (secondary N) is 1. The van der Waals surface area contributed by atoms with Gasteiger partial charge in [-0.15, -0.1) is 11.3 Å². The Labute approximate surface area is 136 Å². The molecular weight excluding hydrogens is 292 g/mol. The molecule has 1 aliphatic heterocycles. The lowest BCUT2D eigenvalue weighted by atomic mass is 10.0. The van der Waals surface area contributed by atoms with E-state index in [2.05, 4.69) is 47.6 Å². The largest absolute Gasteiger partial charge is 0.351 e. The third-order valence-electron chi connectivity index (χ3n) is 4.49. The second-order valence-corrected chi connectivity index (χ2v) is 6.90. The first-order chi connectivity index (χ1) is 10.6. The van der Waals surface area contributed by atoms with Crippen LogP contribution in [0.4, 0.5) is 0 Å². The van der Waals surface area contributed by atoms with Crippen molar-refractivity contribution in [3.05, 3.63) is 57.3 Å². The molecule has 1 atom stereocenters. The number of carbonyl (C=O) groups is 1. The Bertz CT molecular complexity index is 665. The summed E-state index contributed by atoms with van der Waals surface area (Å²) in [6.45, 7) is 6.32. The Morgan fingerprint density at radius 2 is 2.18 bits per heavy atom. The molecule has 116 valence electrons. The van der Waals surface area contributed by atoms with Crippen molar-refractivity contribution in [1.82, 2.24) is 10.2 Å². The van der Waals surface area contributed by atoms with Gasteiger partial charge in [0.25, 0.3) is 0 Å². The summed E-state index contributed by atoms with van der Waals surface area (Å²) in [5.74, 6) is 0.105. The number of fused-ring (bicyclic) bond motifs is 1. The summed E-state index contributed by atoms with van der Waals surface area (Å²) in [5, 5.41) is 5.20. The number of benzene rings is 1. The van der Waals surface area contributed by atoms with Crippen LogP contribution in [-0.2, 0) is 17.8 Å². The zero-order valence-electron chi connectivity index (χ0n) is 13.1. The van der Waals surface area contributed by atoms with E-state index in [9.17, 15) is 4.79 Å². The van der Waals surface area contributed by atoms with Crippen molar-refractivity contribution in [3.63, 3.8) is 0 Å². The average molecular weight is 314 g/mol. The van der Waals surface area contributed by atoms with Crippen molar-refractivity contribution in [1.29, 1.82) is 0 Å². The molecule has 1 N–H and O–H groups in total. The lowest BCUT2D eigenvalue weighted by Crippen LogP contribution is -2.41. The minimum Gasteiger partial charge on any atom is -0.351 e. The number of rotatable bonds is 4. The molecule has 2 aromatic rings. The van der Waals surface area contributed by atoms with Crippen LogP contribution in [0.1, 0.15) is 34.5 Å². The zero-order valence-corrected chi connectivity index (χ0v) is 14.0. The van der Waals surface area contributed by atoms with Crippen molar-refractivity contribution in [3.8, 4) is 0 Å². The molecule has 1 aliphatic rings. The topological polar surface area (TPSA) is 32.3 Å². The van der Waals surface area contributed by atoms with Gasteiger partial charge in [0.1, 0.15) is 0 Å². The van der Waals surface area contributed by atoms with Gasteiger partial charge in [-0.2, -0.15) is 0 Å². The molecule has 0 bridgehead atoms. The maximum Gasteiger partial charge on any atom is 0.234 e. The van der Waals surface area contributed by atoms with Gasteiger partial charge >= 0.3 is 0 Å². The lowest BCUT2D eigenvalue weighted by molar-refractivity contribution is -0.123. The van der Waals surface area contributed by atoms with Crippen molar-refractivity contribution in [2.75, 3.05) is 13.1 Å². The van der Waals surface area contributed by atoms with Gasteiger partial charge in [-0.05, 0) is 48.4 Å². The van der Waals surface area contributed by atoms with Crippen LogP contribution in [-0.4, -0.2) is 23.9 Å². The zero-order chi connectivity index (χ0) is 15.5. The summed E-state index contributed by atoms with van der Waals surface area (Å²) in [6, 6.07) is 10.7. The van der Waals surface area contributed by atoms with Crippen LogP contribution < -0.4 is 5.32 Å². The van der Waals surface area contributed by atoms with Gasteiger partial charge in [0, 0.05) is 24.0 Å². The molecule has 1 aromatic carbocycles. The molecular formula is C18H22N2OS. The lowest BCUT2D eigenvalue weighted by Gasteiger charge is -2.32. The number of hydrogen-bond acceptors (Lipinski definition) is 3. The quantitative estimate of drug-likeness (QED) is 0.939. The molecule has 4 heteroatoms. The van der Waals surface area contributed by atoms with E-state index in [4.69, 9.17) is 0 Å². The van der Waals surface area contributed by atoms with Crippen LogP contribution in [0.5, 0.6) is 0 Å². The summed E-state index contributed by atoms with van der Waals surface area (Å²) in [6.07, 6.45) is 1.06. The molecule has 3 nitrogen and oxygen atoms in total. The summed E-state index contributed by atoms with van der Waals surface area (Å²) in [5.41, 5.74) is 3.79. The smallest absolute Gasteiger partial charge is 0.234 e. The SMILES string of the molecule is Cc1ccccc1CNC(=O)CN1CCc2sccc2C1C. The van der Waals surface area contributed by atoms with Crippen molar-refractivity contribution in [2.45, 2.75) is 32.9 Å². The number of thiophene rings is 1. The normalized spacial score (nSPS) is 18.0. The maximum atomic E-state index is 12.2. The predicted molar refractivity (Wildman–Crippen MR) is 91.0 cm³/mol. The summed E-state index contributed by atoms with van der Waals surface area (Å²) < 4.78 is 0. The first-order valence-corrected chi connectivity index (χ1v) is 8.64. The van der Waals surface area contributed by atoms with E-state index in [1.807, 2.05) is 23.5 Å². The monoisotopic (exact) mass is 314 g/mol. The Kier molecular flexibility index (Phi) is 4.60. The van der Waals surface area contributed by atoms with E-state index in [0.29, 0.717) is 19.1 Å². The molecule has 0 aliphatic carbocycles. The molecule has 2 heterocycles. The molecule has 0 saturated heterocycles. The fourth-order valence-corrected chi connectivity index (χ4v) is 3.98. The van der Waals surface area contributed by atoms with Crippen LogP contribution in [0.25, 0.3) is 0 Å². The highest BCUT2D eigenvalue weighted by Gasteiger charge is 2.25. The number of amides is 1. The average Bonchev–Trinajstić information content (AvgIpc) is 2.99. The minimum absolute atomic E-state index is 0.105. The Morgan fingerprint density at radius 1 is 1.36 bits per heavy atom. The second-order valence-electron chi connectivity index (χ2n) is 5.90. The number of nitrogens with zero attached hydrogens (tertiary/aromatic N) is 1. The van der Waals surface area contributed by atoms with Crippen molar-refractivity contribution in [2.24, 2.45) is 0 Å². The van der Waals surface area contributed by atoms with Gasteiger partial charge in [-0.3, -0.25) is 9.69 Å². The van der Waals surface area contributed by atoms with Crippen LogP contribution in [0.3, 0.4) is 0 Å². The predicted octanol–water partition coefficient (Wildman–Crippen LogP) is 3.29. The molecule has 1 unspecified atom stereocenters. The van der Waals surface area contributed by atoms with Crippen LogP contribution in [0, 0.1) is 6.92 Å². The Morgan fingerprint density at radius 3 is 3.00 bits per heavy atom. The summed E-state index contributed by atoms with van der Waals surface area (Å²) in [7, 11) is 0. The van der Waals surface area contributed by atoms with E-state index in [1.54, 1.807) is 0 Å². The maximum absolute atomic E-state index is 12.2. The molecule has 22 heavy (non-hydrogen) atoms. The molecule has 3 rings (SSSR count). The van der Waals surface area contributed by atoms with E-state index < -0.39 is 0 Å². The molecule has 1 aromatic heterocycles. The van der Waals surface area contributed by atoms with Crippen LogP contribution in [0.15, 0.2) is 35.7 Å². The number of carbonyl (C=O) groups excluding carboxylic acids is 1. The molecule has 0 fully saturated rings. The van der Waals surface area contributed by atoms with E-state index in [-0.39, 0.29) is 5.91 Å². The van der Waals surface area contributed by atoms with Gasteiger partial charge in [0.05, 0.1) is 6.54 Å². The minimum atomic E-state index is 0.105. The van der Waals surface area contributed by atoms with Crippen molar-refractivity contribution >= 4 is 17.2 Å². The Balaban J connectivity index is 1.55. The fourth-order valence-electron chi connectivity index (χ4n) is 3.02. The number of hydrogen-bond donors (Lipinski definition) is 1. The van der Waals surface area contributed by atoms with Crippen molar-refractivity contribution < 1.29 is 4.79 Å². The molecule has 0 radical (unpaired) electrons. The van der Waals surface area contributed by atoms with Gasteiger partial charge in [0.15, 0.2) is 0 Å². The molecule has 1 amide bonds. The van der Waals surface area contributed by atoms with Gasteiger partial charge in [0.2, 0.25) is 5.91 Å². The van der Waals surface area contributed by atoms with Gasteiger partial charge in [-0.25, -0.2) is 0 Å². The molecule has 0 saturated carbocycles. The molecule has 0 spiro atoms. The highest BCUT2D eigenvalue weighted by atomic mass is 32.1. The fraction of sp³-hybridized carbons (Fsp3) is 0.389. The van der Waals surface area contributed by atoms with Gasteiger partial charge < -0.3 is 5.32 Å². The third kappa shape index (κ3) is 3.23.